The van der Waals surface area contributed by atoms with Crippen LogP contribution in [0.2, 0.25) is 5.02 Å². The molecule has 0 saturated carbocycles. The number of nitrogens with zero attached hydrogens (tertiary/aromatic N) is 1. The van der Waals surface area contributed by atoms with Crippen LogP contribution in [0, 0.1) is 0 Å². The van der Waals surface area contributed by atoms with Crippen LogP contribution in [0.5, 0.6) is 5.75 Å². The van der Waals surface area contributed by atoms with Gasteiger partial charge < -0.3 is 22.5 Å². The van der Waals surface area contributed by atoms with Crippen molar-refractivity contribution in [1.29, 1.82) is 0 Å². The van der Waals surface area contributed by atoms with E-state index in [0.29, 0.717) is 6.61 Å². The summed E-state index contributed by atoms with van der Waals surface area (Å²) in [6.07, 6.45) is 3.61. The predicted molar refractivity (Wildman–Crippen MR) is 97.0 cm³/mol. The molecule has 3 aromatic rings. The molecule has 0 bridgehead atoms. The van der Waals surface area contributed by atoms with Gasteiger partial charge in [0.2, 0.25) is 0 Å². The number of halogens is 2. The molecule has 0 aliphatic heterocycles. The van der Waals surface area contributed by atoms with E-state index >= 15 is 0 Å². The van der Waals surface area contributed by atoms with E-state index in [1.807, 2.05) is 54.6 Å². The molecule has 25 heavy (non-hydrogen) atoms. The van der Waals surface area contributed by atoms with Crippen LogP contribution >= 0.6 is 11.6 Å². The Labute approximate surface area is 159 Å². The molecule has 0 unspecified atom stereocenters. The highest BCUT2D eigenvalue weighted by Crippen LogP contribution is 2.22. The molecule has 0 atom stereocenters. The van der Waals surface area contributed by atoms with E-state index < -0.39 is 0 Å². The van der Waals surface area contributed by atoms with Gasteiger partial charge in [0, 0.05) is 41.6 Å². The number of hydrogen-bond donors (Lipinski definition) is 1. The highest BCUT2D eigenvalue weighted by atomic mass is 35.5. The number of hydrogen-bond acceptors (Lipinski definition) is 3. The van der Waals surface area contributed by atoms with Crippen molar-refractivity contribution in [2.24, 2.45) is 0 Å². The minimum atomic E-state index is 0. The molecule has 0 spiro atoms. The fraction of sp³-hybridized carbons (Fsp3) is 0.150. The summed E-state index contributed by atoms with van der Waals surface area (Å²) in [4.78, 5) is 4.03. The Kier molecular flexibility index (Phi) is 7.74. The van der Waals surface area contributed by atoms with Gasteiger partial charge in [-0.1, -0.05) is 48.0 Å². The summed E-state index contributed by atoms with van der Waals surface area (Å²) < 4.78 is 5.97. The molecular formula is C20H19Cl2N2O-. The Morgan fingerprint density at radius 2 is 1.52 bits per heavy atom. The normalized spacial score (nSPS) is 10.1. The van der Waals surface area contributed by atoms with Crippen molar-refractivity contribution < 1.29 is 17.1 Å². The second-order valence-corrected chi connectivity index (χ2v) is 5.85. The minimum absolute atomic E-state index is 0. The third-order valence-corrected chi connectivity index (χ3v) is 4.08. The molecule has 3 rings (SSSR count). The molecule has 130 valence electrons. The van der Waals surface area contributed by atoms with Gasteiger partial charge in [-0.3, -0.25) is 4.98 Å². The van der Waals surface area contributed by atoms with Crippen molar-refractivity contribution >= 4 is 11.6 Å². The largest absolute Gasteiger partial charge is 1.00 e. The summed E-state index contributed by atoms with van der Waals surface area (Å²) in [5, 5.41) is 4.16. The van der Waals surface area contributed by atoms with Gasteiger partial charge in [0.1, 0.15) is 12.4 Å². The number of benzene rings is 2. The number of aromatic nitrogens is 1. The van der Waals surface area contributed by atoms with Gasteiger partial charge in [-0.2, -0.15) is 0 Å². The van der Waals surface area contributed by atoms with Crippen molar-refractivity contribution in [2.75, 3.05) is 0 Å². The number of ether oxygens (including phenoxy) is 1. The first-order valence-corrected chi connectivity index (χ1v) is 8.24. The molecule has 0 radical (unpaired) electrons. The first-order chi connectivity index (χ1) is 11.8. The van der Waals surface area contributed by atoms with E-state index in [2.05, 4.69) is 16.4 Å². The Bertz CT molecular complexity index is 781. The van der Waals surface area contributed by atoms with Crippen molar-refractivity contribution in [1.82, 2.24) is 10.3 Å². The molecule has 0 amide bonds. The molecule has 5 heteroatoms. The number of pyridine rings is 1. The van der Waals surface area contributed by atoms with Crippen LogP contribution in [0.15, 0.2) is 73.1 Å². The van der Waals surface area contributed by atoms with E-state index in [-0.39, 0.29) is 12.4 Å². The topological polar surface area (TPSA) is 34.1 Å². The van der Waals surface area contributed by atoms with E-state index in [1.165, 1.54) is 5.56 Å². The fourth-order valence-corrected chi connectivity index (χ4v) is 2.59. The summed E-state index contributed by atoms with van der Waals surface area (Å²) in [5.74, 6) is 0.875. The Hall–Kier alpha value is -2.07. The number of nitrogens with one attached hydrogen (secondary N) is 1. The van der Waals surface area contributed by atoms with Gasteiger partial charge in [0.05, 0.1) is 0 Å². The van der Waals surface area contributed by atoms with Crippen LogP contribution in [0.25, 0.3) is 0 Å². The van der Waals surface area contributed by atoms with Gasteiger partial charge in [-0.25, -0.2) is 0 Å². The first kappa shape index (κ1) is 19.3. The third-order valence-electron chi connectivity index (χ3n) is 3.71. The summed E-state index contributed by atoms with van der Waals surface area (Å²) in [6.45, 7) is 1.99. The van der Waals surface area contributed by atoms with Crippen LogP contribution in [0.4, 0.5) is 0 Å². The van der Waals surface area contributed by atoms with Crippen LogP contribution in [0.1, 0.15) is 16.7 Å². The maximum absolute atomic E-state index is 6.18. The van der Waals surface area contributed by atoms with Gasteiger partial charge in [-0.05, 0) is 29.8 Å². The molecule has 0 aliphatic rings. The first-order valence-electron chi connectivity index (χ1n) is 7.86. The predicted octanol–water partition coefficient (Wildman–Crippen LogP) is 1.61. The lowest BCUT2D eigenvalue weighted by atomic mass is 10.2. The van der Waals surface area contributed by atoms with E-state index in [4.69, 9.17) is 16.3 Å². The standard InChI is InChI=1S/C20H19ClN2O.ClH/c21-19-7-3-1-6-18(19)15-24-20-8-4-2-5-17(20)14-23-13-16-9-11-22-12-10-16;/h1-12,23H,13-15H2;1H/p-1. The summed E-state index contributed by atoms with van der Waals surface area (Å²) >= 11 is 6.18. The molecule has 0 aliphatic carbocycles. The zero-order chi connectivity index (χ0) is 16.6. The lowest BCUT2D eigenvalue weighted by molar-refractivity contribution is -0.00000514. The quantitative estimate of drug-likeness (QED) is 0.683. The Morgan fingerprint density at radius 3 is 2.28 bits per heavy atom. The average Bonchev–Trinajstić information content (AvgIpc) is 2.63. The lowest BCUT2D eigenvalue weighted by Crippen LogP contribution is -3.00. The second kappa shape index (κ2) is 10.0. The molecule has 1 N–H and O–H groups in total. The van der Waals surface area contributed by atoms with Gasteiger partial charge >= 0.3 is 0 Å². The maximum atomic E-state index is 6.18. The molecule has 0 saturated heterocycles. The zero-order valence-corrected chi connectivity index (χ0v) is 15.2. The summed E-state index contributed by atoms with van der Waals surface area (Å²) in [6, 6.07) is 19.8. The number of para-hydroxylation sites is 1. The maximum Gasteiger partial charge on any atom is 0.124 e. The molecule has 2 aromatic carbocycles. The van der Waals surface area contributed by atoms with Crippen molar-refractivity contribution in [3.63, 3.8) is 0 Å². The van der Waals surface area contributed by atoms with Crippen LogP contribution in [-0.2, 0) is 19.7 Å². The van der Waals surface area contributed by atoms with E-state index in [1.54, 1.807) is 12.4 Å². The van der Waals surface area contributed by atoms with E-state index in [0.717, 1.165) is 35.0 Å². The van der Waals surface area contributed by atoms with Gasteiger partial charge in [0.15, 0.2) is 0 Å². The second-order valence-electron chi connectivity index (χ2n) is 5.45. The van der Waals surface area contributed by atoms with E-state index in [9.17, 15) is 0 Å². The zero-order valence-electron chi connectivity index (χ0n) is 13.7. The minimum Gasteiger partial charge on any atom is -1.00 e. The van der Waals surface area contributed by atoms with Crippen LogP contribution in [-0.4, -0.2) is 4.98 Å². The SMILES string of the molecule is Clc1ccccc1COc1ccccc1CNCc1ccncc1.[Cl-]. The monoisotopic (exact) mass is 373 g/mol. The number of rotatable bonds is 7. The van der Waals surface area contributed by atoms with Crippen molar-refractivity contribution in [3.8, 4) is 5.75 Å². The lowest BCUT2D eigenvalue weighted by Gasteiger charge is -2.13. The van der Waals surface area contributed by atoms with Crippen LogP contribution < -0.4 is 22.5 Å². The Balaban J connectivity index is 0.00000225. The van der Waals surface area contributed by atoms with Crippen molar-refractivity contribution in [3.05, 3.63) is 94.8 Å². The van der Waals surface area contributed by atoms with Crippen LogP contribution in [0.3, 0.4) is 0 Å². The highest BCUT2D eigenvalue weighted by molar-refractivity contribution is 6.31. The summed E-state index contributed by atoms with van der Waals surface area (Å²) in [5.41, 5.74) is 3.32. The molecule has 0 fully saturated rings. The molecule has 3 nitrogen and oxygen atoms in total. The van der Waals surface area contributed by atoms with Gasteiger partial charge in [-0.15, -0.1) is 0 Å². The van der Waals surface area contributed by atoms with Gasteiger partial charge in [0.25, 0.3) is 0 Å². The summed E-state index contributed by atoms with van der Waals surface area (Å²) in [7, 11) is 0. The molecular weight excluding hydrogens is 355 g/mol. The third kappa shape index (κ3) is 5.75. The fourth-order valence-electron chi connectivity index (χ4n) is 2.40. The van der Waals surface area contributed by atoms with Crippen molar-refractivity contribution in [2.45, 2.75) is 19.7 Å². The highest BCUT2D eigenvalue weighted by Gasteiger charge is 2.05. The smallest absolute Gasteiger partial charge is 0.124 e. The molecule has 1 aromatic heterocycles. The Morgan fingerprint density at radius 1 is 0.840 bits per heavy atom. The average molecular weight is 374 g/mol. The molecule has 1 heterocycles.